The van der Waals surface area contributed by atoms with Gasteiger partial charge < -0.3 is 16.0 Å². The molecule has 0 radical (unpaired) electrons. The first-order valence-corrected chi connectivity index (χ1v) is 6.80. The van der Waals surface area contributed by atoms with Crippen molar-refractivity contribution < 1.29 is 9.59 Å². The molecule has 0 atom stereocenters. The summed E-state index contributed by atoms with van der Waals surface area (Å²) >= 11 is 6.02. The highest BCUT2D eigenvalue weighted by atomic mass is 35.5. The topological polar surface area (TPSA) is 75.4 Å². The lowest BCUT2D eigenvalue weighted by atomic mass is 10.1. The summed E-state index contributed by atoms with van der Waals surface area (Å²) in [5.41, 5.74) is 6.12. The Labute approximate surface area is 123 Å². The zero-order valence-corrected chi connectivity index (χ0v) is 12.3. The molecule has 6 heteroatoms. The van der Waals surface area contributed by atoms with Crippen LogP contribution in [0, 0.1) is 5.41 Å². The fourth-order valence-corrected chi connectivity index (χ4v) is 2.14. The lowest BCUT2D eigenvalue weighted by Gasteiger charge is -2.15. The number of anilines is 1. The number of hydrogen-bond donors (Lipinski definition) is 2. The van der Waals surface area contributed by atoms with Gasteiger partial charge in [-0.1, -0.05) is 11.6 Å². The van der Waals surface area contributed by atoms with Crippen LogP contribution in [0.25, 0.3) is 0 Å². The van der Waals surface area contributed by atoms with Gasteiger partial charge in [0, 0.05) is 26.3 Å². The largest absolute Gasteiger partial charge is 0.345 e. The Balaban J connectivity index is 2.20. The summed E-state index contributed by atoms with van der Waals surface area (Å²) in [4.78, 5) is 25.5. The first kappa shape index (κ1) is 14.8. The molecule has 2 rings (SSSR count). The van der Waals surface area contributed by atoms with E-state index >= 15 is 0 Å². The van der Waals surface area contributed by atoms with Crippen LogP contribution >= 0.6 is 11.6 Å². The molecule has 1 aliphatic rings. The van der Waals surface area contributed by atoms with Crippen LogP contribution in [-0.4, -0.2) is 37.4 Å². The summed E-state index contributed by atoms with van der Waals surface area (Å²) in [6.07, 6.45) is 1.62. The Morgan fingerprint density at radius 1 is 1.40 bits per heavy atom. The van der Waals surface area contributed by atoms with Gasteiger partial charge in [0.1, 0.15) is 0 Å². The van der Waals surface area contributed by atoms with Crippen molar-refractivity contribution >= 4 is 29.1 Å². The SMILES string of the molecule is CN(C)C(=O)c1cc(NC(=O)C2(CN)CC2)ccc1Cl. The van der Waals surface area contributed by atoms with Crippen LogP contribution in [0.15, 0.2) is 18.2 Å². The average molecular weight is 296 g/mol. The number of benzene rings is 1. The van der Waals surface area contributed by atoms with Gasteiger partial charge in [0.25, 0.3) is 5.91 Å². The molecule has 0 bridgehead atoms. The van der Waals surface area contributed by atoms with Crippen LogP contribution in [-0.2, 0) is 4.79 Å². The van der Waals surface area contributed by atoms with E-state index in [1.165, 1.54) is 4.90 Å². The smallest absolute Gasteiger partial charge is 0.254 e. The molecule has 1 saturated carbocycles. The quantitative estimate of drug-likeness (QED) is 0.888. The fourth-order valence-electron chi connectivity index (χ4n) is 1.95. The Hall–Kier alpha value is -1.59. The van der Waals surface area contributed by atoms with Gasteiger partial charge in [-0.05, 0) is 31.0 Å². The van der Waals surface area contributed by atoms with Crippen molar-refractivity contribution in [1.29, 1.82) is 0 Å². The van der Waals surface area contributed by atoms with Crippen molar-refractivity contribution in [2.75, 3.05) is 26.0 Å². The molecule has 3 N–H and O–H groups in total. The normalized spacial score (nSPS) is 15.6. The van der Waals surface area contributed by atoms with E-state index in [1.54, 1.807) is 32.3 Å². The molecule has 0 spiro atoms. The molecule has 5 nitrogen and oxygen atoms in total. The third-order valence-corrected chi connectivity index (χ3v) is 3.92. The molecule has 1 aliphatic carbocycles. The molecule has 1 fully saturated rings. The van der Waals surface area contributed by atoms with E-state index in [0.29, 0.717) is 22.8 Å². The van der Waals surface area contributed by atoms with Crippen LogP contribution in [0.3, 0.4) is 0 Å². The van der Waals surface area contributed by atoms with Crippen molar-refractivity contribution in [3.63, 3.8) is 0 Å². The van der Waals surface area contributed by atoms with Gasteiger partial charge in [-0.2, -0.15) is 0 Å². The molecule has 0 unspecified atom stereocenters. The van der Waals surface area contributed by atoms with Crippen LogP contribution in [0.5, 0.6) is 0 Å². The van der Waals surface area contributed by atoms with Gasteiger partial charge in [-0.25, -0.2) is 0 Å². The van der Waals surface area contributed by atoms with Gasteiger partial charge in [-0.3, -0.25) is 9.59 Å². The lowest BCUT2D eigenvalue weighted by molar-refractivity contribution is -0.120. The Bertz CT molecular complexity index is 553. The highest BCUT2D eigenvalue weighted by Gasteiger charge is 2.48. The summed E-state index contributed by atoms with van der Waals surface area (Å²) in [6, 6.07) is 4.88. The zero-order valence-electron chi connectivity index (χ0n) is 11.6. The van der Waals surface area contributed by atoms with Gasteiger partial charge in [0.2, 0.25) is 5.91 Å². The number of carbonyl (C=O) groups is 2. The number of carbonyl (C=O) groups excluding carboxylic acids is 2. The minimum Gasteiger partial charge on any atom is -0.345 e. The number of rotatable bonds is 4. The Morgan fingerprint density at radius 3 is 2.55 bits per heavy atom. The zero-order chi connectivity index (χ0) is 14.9. The standard InChI is InChI=1S/C14H18ClN3O2/c1-18(2)12(19)10-7-9(3-4-11(10)15)17-13(20)14(8-16)5-6-14/h3-4,7H,5-6,8,16H2,1-2H3,(H,17,20). The molecular formula is C14H18ClN3O2. The van der Waals surface area contributed by atoms with E-state index in [2.05, 4.69) is 5.32 Å². The molecule has 0 aromatic heterocycles. The van der Waals surface area contributed by atoms with Crippen LogP contribution < -0.4 is 11.1 Å². The molecule has 0 saturated heterocycles. The summed E-state index contributed by atoms with van der Waals surface area (Å²) in [6.45, 7) is 0.343. The average Bonchev–Trinajstić information content (AvgIpc) is 3.21. The molecule has 0 heterocycles. The van der Waals surface area contributed by atoms with Crippen LogP contribution in [0.2, 0.25) is 5.02 Å². The highest BCUT2D eigenvalue weighted by molar-refractivity contribution is 6.34. The highest BCUT2D eigenvalue weighted by Crippen LogP contribution is 2.45. The molecule has 1 aromatic rings. The molecular weight excluding hydrogens is 278 g/mol. The third kappa shape index (κ3) is 2.78. The predicted molar refractivity (Wildman–Crippen MR) is 78.8 cm³/mol. The molecule has 2 amide bonds. The predicted octanol–water partition coefficient (Wildman–Crippen LogP) is 1.72. The third-order valence-electron chi connectivity index (χ3n) is 3.59. The molecule has 0 aliphatic heterocycles. The first-order valence-electron chi connectivity index (χ1n) is 6.42. The van der Waals surface area contributed by atoms with E-state index in [1.807, 2.05) is 0 Å². The van der Waals surface area contributed by atoms with E-state index in [4.69, 9.17) is 17.3 Å². The van der Waals surface area contributed by atoms with Gasteiger partial charge in [-0.15, -0.1) is 0 Å². The summed E-state index contributed by atoms with van der Waals surface area (Å²) in [7, 11) is 3.30. The maximum Gasteiger partial charge on any atom is 0.254 e. The maximum atomic E-state index is 12.1. The minimum atomic E-state index is -0.425. The number of nitrogens with two attached hydrogens (primary N) is 1. The van der Waals surface area contributed by atoms with E-state index in [0.717, 1.165) is 12.8 Å². The van der Waals surface area contributed by atoms with Gasteiger partial charge in [0.15, 0.2) is 0 Å². The molecule has 20 heavy (non-hydrogen) atoms. The summed E-state index contributed by atoms with van der Waals surface area (Å²) in [5.74, 6) is -0.295. The van der Waals surface area contributed by atoms with E-state index in [9.17, 15) is 9.59 Å². The Morgan fingerprint density at radius 2 is 2.05 bits per heavy atom. The minimum absolute atomic E-state index is 0.0921. The van der Waals surface area contributed by atoms with Crippen molar-refractivity contribution in [2.45, 2.75) is 12.8 Å². The number of halogens is 1. The second-order valence-corrected chi connectivity index (χ2v) is 5.74. The van der Waals surface area contributed by atoms with E-state index < -0.39 is 5.41 Å². The summed E-state index contributed by atoms with van der Waals surface area (Å²) in [5, 5.41) is 3.17. The van der Waals surface area contributed by atoms with Crippen LogP contribution in [0.4, 0.5) is 5.69 Å². The number of amides is 2. The van der Waals surface area contributed by atoms with Gasteiger partial charge in [0.05, 0.1) is 16.0 Å². The summed E-state index contributed by atoms with van der Waals surface area (Å²) < 4.78 is 0. The molecule has 1 aromatic carbocycles. The van der Waals surface area contributed by atoms with Crippen molar-refractivity contribution in [1.82, 2.24) is 4.90 Å². The maximum absolute atomic E-state index is 12.1. The lowest BCUT2D eigenvalue weighted by Crippen LogP contribution is -2.31. The number of hydrogen-bond acceptors (Lipinski definition) is 3. The van der Waals surface area contributed by atoms with Crippen molar-refractivity contribution in [3.05, 3.63) is 28.8 Å². The number of nitrogens with zero attached hydrogens (tertiary/aromatic N) is 1. The first-order chi connectivity index (χ1) is 9.39. The second kappa shape index (κ2) is 5.42. The molecule has 108 valence electrons. The van der Waals surface area contributed by atoms with Crippen molar-refractivity contribution in [2.24, 2.45) is 11.1 Å². The number of nitrogens with one attached hydrogen (secondary N) is 1. The van der Waals surface area contributed by atoms with Gasteiger partial charge >= 0.3 is 0 Å². The van der Waals surface area contributed by atoms with E-state index in [-0.39, 0.29) is 11.8 Å². The second-order valence-electron chi connectivity index (χ2n) is 5.33. The van der Waals surface area contributed by atoms with Crippen molar-refractivity contribution in [3.8, 4) is 0 Å². The Kier molecular flexibility index (Phi) is 4.01. The van der Waals surface area contributed by atoms with Crippen LogP contribution in [0.1, 0.15) is 23.2 Å². The fraction of sp³-hybridized carbons (Fsp3) is 0.429. The monoisotopic (exact) mass is 295 g/mol.